The van der Waals surface area contributed by atoms with E-state index in [0.29, 0.717) is 12.5 Å². The van der Waals surface area contributed by atoms with E-state index < -0.39 is 0 Å². The second-order valence-electron chi connectivity index (χ2n) is 10.0. The summed E-state index contributed by atoms with van der Waals surface area (Å²) in [4.78, 5) is 4.58. The van der Waals surface area contributed by atoms with Crippen molar-refractivity contribution >= 4 is 5.69 Å². The first-order chi connectivity index (χ1) is 17.6. The molecule has 198 valence electrons. The van der Waals surface area contributed by atoms with Crippen LogP contribution in [0.15, 0.2) is 48.5 Å². The average Bonchev–Trinajstić information content (AvgIpc) is 2.90. The fraction of sp³-hybridized carbons (Fsp3) is 0.586. The quantitative estimate of drug-likeness (QED) is 0.423. The van der Waals surface area contributed by atoms with Gasteiger partial charge >= 0.3 is 0 Å². The van der Waals surface area contributed by atoms with E-state index in [9.17, 15) is 0 Å². The van der Waals surface area contributed by atoms with Crippen molar-refractivity contribution in [2.24, 2.45) is 0 Å². The van der Waals surface area contributed by atoms with Crippen LogP contribution in [0.2, 0.25) is 0 Å². The van der Waals surface area contributed by atoms with Crippen LogP contribution in [0.4, 0.5) is 5.69 Å². The second-order valence-corrected chi connectivity index (χ2v) is 10.0. The Balaban J connectivity index is 1.32. The number of ether oxygens (including phenoxy) is 4. The number of rotatable bonds is 13. The molecule has 0 saturated carbocycles. The third-order valence-corrected chi connectivity index (χ3v) is 6.95. The molecule has 1 fully saturated rings. The van der Waals surface area contributed by atoms with Gasteiger partial charge < -0.3 is 34.1 Å². The van der Waals surface area contributed by atoms with Gasteiger partial charge in [-0.3, -0.25) is 0 Å². The Hall–Kier alpha value is -2.32. The Bertz CT molecular complexity index is 908. The van der Waals surface area contributed by atoms with E-state index in [0.717, 1.165) is 82.4 Å². The van der Waals surface area contributed by atoms with Crippen molar-refractivity contribution in [1.82, 2.24) is 10.2 Å². The molecule has 4 rings (SSSR count). The lowest BCUT2D eigenvalue weighted by Gasteiger charge is -2.38. The van der Waals surface area contributed by atoms with Gasteiger partial charge in [0.1, 0.15) is 17.6 Å². The highest BCUT2D eigenvalue weighted by Gasteiger charge is 2.30. The topological polar surface area (TPSA) is 55.4 Å². The van der Waals surface area contributed by atoms with E-state index >= 15 is 0 Å². The first kappa shape index (κ1) is 26.7. The minimum atomic E-state index is 0.00274. The number of para-hydroxylation sites is 2. The van der Waals surface area contributed by atoms with Crippen molar-refractivity contribution in [3.8, 4) is 11.5 Å². The number of piperidine rings is 1. The lowest BCUT2D eigenvalue weighted by atomic mass is 9.87. The highest BCUT2D eigenvalue weighted by atomic mass is 16.5. The lowest BCUT2D eigenvalue weighted by molar-refractivity contribution is -0.0200. The summed E-state index contributed by atoms with van der Waals surface area (Å²) in [7, 11) is 5.93. The molecule has 1 N–H and O–H groups in total. The van der Waals surface area contributed by atoms with Crippen molar-refractivity contribution in [2.45, 2.75) is 37.4 Å². The molecular weight excluding hydrogens is 454 g/mol. The van der Waals surface area contributed by atoms with Crippen molar-refractivity contribution in [2.75, 3.05) is 78.6 Å². The molecule has 7 nitrogen and oxygen atoms in total. The SMILES string of the molecule is COCCCN1CC(COC2CNCCC2c2ccc(OCCCN(C)C)cc2)Oc2ccccc21. The zero-order chi connectivity index (χ0) is 25.2. The molecule has 2 heterocycles. The Morgan fingerprint density at radius 2 is 1.89 bits per heavy atom. The van der Waals surface area contributed by atoms with E-state index in [1.807, 2.05) is 6.07 Å². The summed E-state index contributed by atoms with van der Waals surface area (Å²) < 4.78 is 24.1. The molecular formula is C29H43N3O4. The van der Waals surface area contributed by atoms with E-state index in [1.54, 1.807) is 7.11 Å². The molecule has 2 aliphatic heterocycles. The van der Waals surface area contributed by atoms with E-state index in [1.165, 1.54) is 5.56 Å². The summed E-state index contributed by atoms with van der Waals surface area (Å²) in [5.41, 5.74) is 2.48. The molecule has 7 heteroatoms. The number of fused-ring (bicyclic) bond motifs is 1. The molecule has 3 atom stereocenters. The summed E-state index contributed by atoms with van der Waals surface area (Å²) in [5.74, 6) is 2.24. The van der Waals surface area contributed by atoms with Gasteiger partial charge in [0.05, 0.1) is 31.5 Å². The van der Waals surface area contributed by atoms with Gasteiger partial charge in [0.15, 0.2) is 0 Å². The third-order valence-electron chi connectivity index (χ3n) is 6.95. The molecule has 2 aromatic carbocycles. The summed E-state index contributed by atoms with van der Waals surface area (Å²) >= 11 is 0. The second kappa shape index (κ2) is 13.8. The number of methoxy groups -OCH3 is 1. The Kier molecular flexibility index (Phi) is 10.3. The van der Waals surface area contributed by atoms with Crippen LogP contribution in [0, 0.1) is 0 Å². The lowest BCUT2D eigenvalue weighted by Crippen LogP contribution is -2.46. The molecule has 0 bridgehead atoms. The molecule has 3 unspecified atom stereocenters. The minimum Gasteiger partial charge on any atom is -0.494 e. The number of hydrogen-bond donors (Lipinski definition) is 1. The Labute approximate surface area is 216 Å². The van der Waals surface area contributed by atoms with Crippen LogP contribution in [0.1, 0.15) is 30.7 Å². The maximum atomic E-state index is 6.54. The maximum absolute atomic E-state index is 6.54. The molecule has 0 radical (unpaired) electrons. The van der Waals surface area contributed by atoms with Gasteiger partial charge in [-0.2, -0.15) is 0 Å². The van der Waals surface area contributed by atoms with Gasteiger partial charge in [-0.15, -0.1) is 0 Å². The van der Waals surface area contributed by atoms with Gasteiger partial charge in [0.25, 0.3) is 0 Å². The monoisotopic (exact) mass is 497 g/mol. The minimum absolute atomic E-state index is 0.00274. The number of benzene rings is 2. The number of hydrogen-bond acceptors (Lipinski definition) is 7. The molecule has 0 spiro atoms. The predicted octanol–water partition coefficient (Wildman–Crippen LogP) is 3.78. The zero-order valence-corrected chi connectivity index (χ0v) is 22.2. The fourth-order valence-corrected chi connectivity index (χ4v) is 5.08. The Morgan fingerprint density at radius 3 is 2.69 bits per heavy atom. The van der Waals surface area contributed by atoms with Crippen molar-refractivity contribution < 1.29 is 18.9 Å². The largest absolute Gasteiger partial charge is 0.494 e. The van der Waals surface area contributed by atoms with Crippen LogP contribution in [-0.2, 0) is 9.47 Å². The number of anilines is 1. The average molecular weight is 498 g/mol. The molecule has 0 aromatic heterocycles. The first-order valence-corrected chi connectivity index (χ1v) is 13.3. The first-order valence-electron chi connectivity index (χ1n) is 13.3. The van der Waals surface area contributed by atoms with Crippen LogP contribution in [0.5, 0.6) is 11.5 Å². The smallest absolute Gasteiger partial charge is 0.143 e. The van der Waals surface area contributed by atoms with E-state index in [2.05, 4.69) is 71.7 Å². The maximum Gasteiger partial charge on any atom is 0.143 e. The van der Waals surface area contributed by atoms with Gasteiger partial charge in [-0.25, -0.2) is 0 Å². The standard InChI is InChI=1S/C29H43N3O4/c1-31(2)16-6-19-34-24-12-10-23(11-13-24)26-14-15-30-20-29(26)35-22-25-21-32(17-7-18-33-3)27-8-4-5-9-28(27)36-25/h4-5,8-13,25-26,29-30H,6-7,14-22H2,1-3H3. The molecule has 2 aromatic rings. The van der Waals surface area contributed by atoms with E-state index in [4.69, 9.17) is 18.9 Å². The van der Waals surface area contributed by atoms with Gasteiger partial charge in [0, 0.05) is 39.3 Å². The summed E-state index contributed by atoms with van der Waals surface area (Å²) in [6.45, 7) is 6.74. The van der Waals surface area contributed by atoms with Crippen molar-refractivity contribution in [3.05, 3.63) is 54.1 Å². The highest BCUT2D eigenvalue weighted by Crippen LogP contribution is 2.34. The van der Waals surface area contributed by atoms with Gasteiger partial charge in [-0.05, 0) is 69.7 Å². The fourth-order valence-electron chi connectivity index (χ4n) is 5.08. The molecule has 36 heavy (non-hydrogen) atoms. The Morgan fingerprint density at radius 1 is 1.06 bits per heavy atom. The van der Waals surface area contributed by atoms with E-state index in [-0.39, 0.29) is 12.2 Å². The molecule has 0 amide bonds. The molecule has 0 aliphatic carbocycles. The number of nitrogens with one attached hydrogen (secondary N) is 1. The van der Waals surface area contributed by atoms with Gasteiger partial charge in [0.2, 0.25) is 0 Å². The molecule has 1 saturated heterocycles. The molecule has 2 aliphatic rings. The van der Waals surface area contributed by atoms with Crippen LogP contribution < -0.4 is 19.7 Å². The third kappa shape index (κ3) is 7.59. The number of nitrogens with zero attached hydrogens (tertiary/aromatic N) is 2. The van der Waals surface area contributed by atoms with Crippen LogP contribution >= 0.6 is 0 Å². The van der Waals surface area contributed by atoms with Crippen molar-refractivity contribution in [3.63, 3.8) is 0 Å². The van der Waals surface area contributed by atoms with Gasteiger partial charge in [-0.1, -0.05) is 24.3 Å². The van der Waals surface area contributed by atoms with Crippen LogP contribution in [-0.4, -0.2) is 90.9 Å². The predicted molar refractivity (Wildman–Crippen MR) is 145 cm³/mol. The van der Waals surface area contributed by atoms with Crippen LogP contribution in [0.25, 0.3) is 0 Å². The summed E-state index contributed by atoms with van der Waals surface area (Å²) in [6, 6.07) is 16.9. The van der Waals surface area contributed by atoms with Crippen LogP contribution in [0.3, 0.4) is 0 Å². The summed E-state index contributed by atoms with van der Waals surface area (Å²) in [6.07, 6.45) is 3.20. The normalized spacial score (nSPS) is 21.8. The highest BCUT2D eigenvalue weighted by molar-refractivity contribution is 5.60. The summed E-state index contributed by atoms with van der Waals surface area (Å²) in [5, 5.41) is 3.52. The van der Waals surface area contributed by atoms with Crippen molar-refractivity contribution in [1.29, 1.82) is 0 Å². The zero-order valence-electron chi connectivity index (χ0n) is 22.2.